The first-order chi connectivity index (χ1) is 15.9. The van der Waals surface area contributed by atoms with Gasteiger partial charge in [-0.15, -0.1) is 10.2 Å². The molecule has 1 amide bonds. The Labute approximate surface area is 195 Å². The average molecular weight is 447 g/mol. The van der Waals surface area contributed by atoms with Crippen LogP contribution in [-0.2, 0) is 4.79 Å². The smallest absolute Gasteiger partial charge is 0.263 e. The maximum absolute atomic E-state index is 12.9. The van der Waals surface area contributed by atoms with Crippen molar-refractivity contribution in [3.05, 3.63) is 65.7 Å². The van der Waals surface area contributed by atoms with Crippen LogP contribution in [0, 0.1) is 13.8 Å². The van der Waals surface area contributed by atoms with Crippen LogP contribution in [0.15, 0.2) is 54.6 Å². The molecule has 1 aliphatic rings. The molecule has 0 aliphatic carbocycles. The predicted octanol–water partition coefficient (Wildman–Crippen LogP) is 3.89. The van der Waals surface area contributed by atoms with Crippen LogP contribution in [0.5, 0.6) is 11.5 Å². The summed E-state index contributed by atoms with van der Waals surface area (Å²) >= 11 is 0. The number of piperazine rings is 1. The molecule has 1 unspecified atom stereocenters. The zero-order valence-corrected chi connectivity index (χ0v) is 19.6. The Morgan fingerprint density at radius 1 is 0.909 bits per heavy atom. The fourth-order valence-electron chi connectivity index (χ4n) is 3.89. The van der Waals surface area contributed by atoms with Crippen molar-refractivity contribution in [1.29, 1.82) is 0 Å². The summed E-state index contributed by atoms with van der Waals surface area (Å²) in [7, 11) is 1.65. The van der Waals surface area contributed by atoms with E-state index in [2.05, 4.69) is 22.0 Å². The van der Waals surface area contributed by atoms with Crippen molar-refractivity contribution in [2.24, 2.45) is 0 Å². The molecule has 172 valence electrons. The third-order valence-electron chi connectivity index (χ3n) is 6.07. The van der Waals surface area contributed by atoms with Crippen LogP contribution in [0.3, 0.4) is 0 Å². The van der Waals surface area contributed by atoms with E-state index < -0.39 is 6.10 Å². The zero-order valence-electron chi connectivity index (χ0n) is 19.6. The van der Waals surface area contributed by atoms with Gasteiger partial charge in [0, 0.05) is 31.7 Å². The van der Waals surface area contributed by atoms with E-state index in [0.29, 0.717) is 26.2 Å². The maximum atomic E-state index is 12.9. The summed E-state index contributed by atoms with van der Waals surface area (Å²) in [5, 5.41) is 8.81. The lowest BCUT2D eigenvalue weighted by molar-refractivity contribution is -0.138. The lowest BCUT2D eigenvalue weighted by Crippen LogP contribution is -2.52. The molecule has 4 rings (SSSR count). The van der Waals surface area contributed by atoms with E-state index >= 15 is 0 Å². The second-order valence-electron chi connectivity index (χ2n) is 8.33. The number of carbonyl (C=O) groups excluding carboxylic acids is 1. The minimum Gasteiger partial charge on any atom is -0.497 e. The van der Waals surface area contributed by atoms with Crippen molar-refractivity contribution in [2.75, 3.05) is 38.2 Å². The van der Waals surface area contributed by atoms with Crippen LogP contribution in [0.4, 0.5) is 5.82 Å². The van der Waals surface area contributed by atoms with E-state index in [9.17, 15) is 4.79 Å². The number of ether oxygens (including phenoxy) is 2. The molecule has 0 spiro atoms. The van der Waals surface area contributed by atoms with E-state index in [-0.39, 0.29) is 5.91 Å². The Morgan fingerprint density at radius 2 is 1.70 bits per heavy atom. The average Bonchev–Trinajstić information content (AvgIpc) is 2.86. The van der Waals surface area contributed by atoms with Crippen LogP contribution in [-0.4, -0.2) is 60.4 Å². The number of benzene rings is 2. The van der Waals surface area contributed by atoms with Crippen molar-refractivity contribution in [2.45, 2.75) is 26.9 Å². The number of aryl methyl sites for hydroxylation is 2. The maximum Gasteiger partial charge on any atom is 0.263 e. The molecule has 0 N–H and O–H groups in total. The summed E-state index contributed by atoms with van der Waals surface area (Å²) in [6.45, 7) is 8.57. The number of hydrogen-bond acceptors (Lipinski definition) is 6. The quantitative estimate of drug-likeness (QED) is 0.572. The van der Waals surface area contributed by atoms with E-state index in [4.69, 9.17) is 9.47 Å². The molecule has 1 aliphatic heterocycles. The molecule has 0 saturated carbocycles. The number of amides is 1. The Bertz CT molecular complexity index is 1110. The van der Waals surface area contributed by atoms with E-state index in [1.165, 1.54) is 5.56 Å². The van der Waals surface area contributed by atoms with Gasteiger partial charge >= 0.3 is 0 Å². The van der Waals surface area contributed by atoms with Crippen molar-refractivity contribution in [1.82, 2.24) is 15.1 Å². The lowest BCUT2D eigenvalue weighted by atomic mass is 10.1. The molecular weight excluding hydrogens is 416 g/mol. The van der Waals surface area contributed by atoms with Gasteiger partial charge in [0.15, 0.2) is 11.9 Å². The normalized spacial score (nSPS) is 14.7. The van der Waals surface area contributed by atoms with Crippen molar-refractivity contribution >= 4 is 11.7 Å². The van der Waals surface area contributed by atoms with Gasteiger partial charge in [-0.3, -0.25) is 4.79 Å². The molecule has 1 aromatic heterocycles. The van der Waals surface area contributed by atoms with Crippen LogP contribution >= 0.6 is 0 Å². The van der Waals surface area contributed by atoms with Gasteiger partial charge in [0.2, 0.25) is 0 Å². The first-order valence-electron chi connectivity index (χ1n) is 11.2. The number of aromatic nitrogens is 2. The Balaban J connectivity index is 1.33. The summed E-state index contributed by atoms with van der Waals surface area (Å²) < 4.78 is 11.2. The van der Waals surface area contributed by atoms with Gasteiger partial charge < -0.3 is 19.3 Å². The first-order valence-corrected chi connectivity index (χ1v) is 11.2. The summed E-state index contributed by atoms with van der Waals surface area (Å²) in [4.78, 5) is 16.9. The fourth-order valence-corrected chi connectivity index (χ4v) is 3.89. The Morgan fingerprint density at radius 3 is 2.36 bits per heavy atom. The molecule has 1 atom stereocenters. The number of nitrogens with zero attached hydrogens (tertiary/aromatic N) is 4. The van der Waals surface area contributed by atoms with Crippen LogP contribution in [0.25, 0.3) is 11.3 Å². The van der Waals surface area contributed by atoms with Gasteiger partial charge in [-0.05, 0) is 68.3 Å². The van der Waals surface area contributed by atoms with Crippen molar-refractivity contribution in [3.8, 4) is 22.8 Å². The van der Waals surface area contributed by atoms with E-state index in [1.807, 2.05) is 73.3 Å². The number of hydrogen-bond donors (Lipinski definition) is 0. The third kappa shape index (κ3) is 5.25. The molecule has 33 heavy (non-hydrogen) atoms. The van der Waals surface area contributed by atoms with Crippen molar-refractivity contribution in [3.63, 3.8) is 0 Å². The predicted molar refractivity (Wildman–Crippen MR) is 129 cm³/mol. The molecule has 7 heteroatoms. The molecule has 0 bridgehead atoms. The molecule has 3 aromatic rings. The highest BCUT2D eigenvalue weighted by Gasteiger charge is 2.26. The molecule has 2 aromatic carbocycles. The first kappa shape index (κ1) is 22.6. The molecule has 7 nitrogen and oxygen atoms in total. The highest BCUT2D eigenvalue weighted by molar-refractivity contribution is 5.81. The second kappa shape index (κ2) is 9.90. The van der Waals surface area contributed by atoms with Crippen molar-refractivity contribution < 1.29 is 14.3 Å². The highest BCUT2D eigenvalue weighted by atomic mass is 16.5. The van der Waals surface area contributed by atoms with Crippen LogP contribution in [0.2, 0.25) is 0 Å². The van der Waals surface area contributed by atoms with Gasteiger partial charge in [-0.2, -0.15) is 0 Å². The number of carbonyl (C=O) groups is 1. The fraction of sp³-hybridized carbons (Fsp3) is 0.346. The van der Waals surface area contributed by atoms with Gasteiger partial charge in [-0.1, -0.05) is 18.2 Å². The number of anilines is 1. The number of methoxy groups -OCH3 is 1. The Kier molecular flexibility index (Phi) is 6.77. The van der Waals surface area contributed by atoms with Gasteiger partial charge in [-0.25, -0.2) is 0 Å². The molecule has 1 saturated heterocycles. The SMILES string of the molecule is COc1cccc(-c2ccc(N3CCN(C(=O)C(C)Oc4ccc(C)c(C)c4)CC3)nn2)c1. The van der Waals surface area contributed by atoms with E-state index in [0.717, 1.165) is 34.1 Å². The van der Waals surface area contributed by atoms with E-state index in [1.54, 1.807) is 7.11 Å². The third-order valence-corrected chi connectivity index (χ3v) is 6.07. The lowest BCUT2D eigenvalue weighted by Gasteiger charge is -2.36. The second-order valence-corrected chi connectivity index (χ2v) is 8.33. The topological polar surface area (TPSA) is 67.8 Å². The highest BCUT2D eigenvalue weighted by Crippen LogP contribution is 2.23. The van der Waals surface area contributed by atoms with Gasteiger partial charge in [0.25, 0.3) is 5.91 Å². The monoisotopic (exact) mass is 446 g/mol. The Hall–Kier alpha value is -3.61. The summed E-state index contributed by atoms with van der Waals surface area (Å²) in [5.41, 5.74) is 4.11. The van der Waals surface area contributed by atoms with Crippen LogP contribution < -0.4 is 14.4 Å². The molecule has 2 heterocycles. The molecule has 1 fully saturated rings. The molecular formula is C26H30N4O3. The largest absolute Gasteiger partial charge is 0.497 e. The summed E-state index contributed by atoms with van der Waals surface area (Å²) in [6, 6.07) is 17.6. The van der Waals surface area contributed by atoms with Gasteiger partial charge in [0.1, 0.15) is 11.5 Å². The van der Waals surface area contributed by atoms with Gasteiger partial charge in [0.05, 0.1) is 12.8 Å². The summed E-state index contributed by atoms with van der Waals surface area (Å²) in [6.07, 6.45) is -0.527. The molecule has 0 radical (unpaired) electrons. The minimum atomic E-state index is -0.527. The zero-order chi connectivity index (χ0) is 23.4. The minimum absolute atomic E-state index is 0.00679. The van der Waals surface area contributed by atoms with Crippen LogP contribution in [0.1, 0.15) is 18.1 Å². The standard InChI is InChI=1S/C26H30N4O3/c1-18-8-9-23(16-19(18)2)33-20(3)26(31)30-14-12-29(13-15-30)25-11-10-24(27-28-25)21-6-5-7-22(17-21)32-4/h5-11,16-17,20H,12-15H2,1-4H3. The summed E-state index contributed by atoms with van der Waals surface area (Å²) in [5.74, 6) is 2.33. The number of rotatable bonds is 6.